The second-order valence-electron chi connectivity index (χ2n) is 4.60. The number of anilines is 1. The number of para-hydroxylation sites is 1. The fourth-order valence-corrected chi connectivity index (χ4v) is 2.40. The van der Waals surface area contributed by atoms with E-state index >= 15 is 0 Å². The largest absolute Gasteiger partial charge is 0.493 e. The van der Waals surface area contributed by atoms with Crippen LogP contribution in [0.2, 0.25) is 0 Å². The van der Waals surface area contributed by atoms with Crippen molar-refractivity contribution in [2.24, 2.45) is 0 Å². The van der Waals surface area contributed by atoms with Gasteiger partial charge >= 0.3 is 0 Å². The van der Waals surface area contributed by atoms with Crippen LogP contribution in [0.4, 0.5) is 10.1 Å². The van der Waals surface area contributed by atoms with Crippen LogP contribution >= 0.6 is 0 Å². The van der Waals surface area contributed by atoms with Crippen LogP contribution in [0.5, 0.6) is 5.75 Å². The Labute approximate surface area is 105 Å². The third-order valence-corrected chi connectivity index (χ3v) is 3.34. The highest BCUT2D eigenvalue weighted by Gasteiger charge is 2.23. The van der Waals surface area contributed by atoms with Crippen molar-refractivity contribution in [3.05, 3.63) is 59.4 Å². The first-order valence-electron chi connectivity index (χ1n) is 5.99. The lowest BCUT2D eigenvalue weighted by atomic mass is 9.90. The number of ether oxygens (including phenoxy) is 1. The van der Waals surface area contributed by atoms with E-state index in [9.17, 15) is 4.39 Å². The summed E-state index contributed by atoms with van der Waals surface area (Å²) in [4.78, 5) is 0. The van der Waals surface area contributed by atoms with Crippen LogP contribution in [0, 0.1) is 5.82 Å². The lowest BCUT2D eigenvalue weighted by Gasteiger charge is -2.25. The predicted molar refractivity (Wildman–Crippen MR) is 69.2 cm³/mol. The zero-order chi connectivity index (χ0) is 12.5. The standard InChI is InChI=1S/C15H14FNO/c16-14-8-12(17)5-6-13(14)11-7-10-3-1-2-4-15(10)18-9-11/h1-6,8,11H,7,9,17H2. The summed E-state index contributed by atoms with van der Waals surface area (Å²) in [7, 11) is 0. The fraction of sp³-hybridized carbons (Fsp3) is 0.200. The molecule has 1 atom stereocenters. The van der Waals surface area contributed by atoms with Gasteiger partial charge in [-0.15, -0.1) is 0 Å². The van der Waals surface area contributed by atoms with Crippen LogP contribution in [0.3, 0.4) is 0 Å². The number of benzene rings is 2. The zero-order valence-corrected chi connectivity index (χ0v) is 9.90. The quantitative estimate of drug-likeness (QED) is 0.781. The van der Waals surface area contributed by atoms with Crippen molar-refractivity contribution in [1.29, 1.82) is 0 Å². The molecule has 0 aromatic heterocycles. The van der Waals surface area contributed by atoms with E-state index in [2.05, 4.69) is 0 Å². The van der Waals surface area contributed by atoms with E-state index in [1.54, 1.807) is 12.1 Å². The molecule has 1 aliphatic rings. The SMILES string of the molecule is Nc1ccc(C2COc3ccccc3C2)c(F)c1. The molecule has 0 aliphatic carbocycles. The van der Waals surface area contributed by atoms with Gasteiger partial charge in [0.2, 0.25) is 0 Å². The van der Waals surface area contributed by atoms with Gasteiger partial charge in [-0.2, -0.15) is 0 Å². The normalized spacial score (nSPS) is 17.9. The highest BCUT2D eigenvalue weighted by atomic mass is 19.1. The molecule has 0 bridgehead atoms. The van der Waals surface area contributed by atoms with Crippen molar-refractivity contribution >= 4 is 5.69 Å². The van der Waals surface area contributed by atoms with Crippen LogP contribution in [0.15, 0.2) is 42.5 Å². The third kappa shape index (κ3) is 1.92. The fourth-order valence-electron chi connectivity index (χ4n) is 2.40. The maximum Gasteiger partial charge on any atom is 0.128 e. The van der Waals surface area contributed by atoms with Crippen molar-refractivity contribution in [2.75, 3.05) is 12.3 Å². The predicted octanol–water partition coefficient (Wildman–Crippen LogP) is 3.13. The molecule has 3 heteroatoms. The summed E-state index contributed by atoms with van der Waals surface area (Å²) < 4.78 is 19.6. The van der Waals surface area contributed by atoms with Crippen molar-refractivity contribution < 1.29 is 9.13 Å². The Morgan fingerprint density at radius 3 is 2.83 bits per heavy atom. The highest BCUT2D eigenvalue weighted by molar-refractivity contribution is 5.43. The van der Waals surface area contributed by atoms with Crippen molar-refractivity contribution in [2.45, 2.75) is 12.3 Å². The molecule has 1 aliphatic heterocycles. The number of nitrogen functional groups attached to an aromatic ring is 1. The molecule has 2 aromatic carbocycles. The smallest absolute Gasteiger partial charge is 0.128 e. The Balaban J connectivity index is 1.92. The molecule has 3 rings (SSSR count). The highest BCUT2D eigenvalue weighted by Crippen LogP contribution is 2.33. The van der Waals surface area contributed by atoms with E-state index < -0.39 is 0 Å². The molecule has 2 nitrogen and oxygen atoms in total. The van der Waals surface area contributed by atoms with Crippen molar-refractivity contribution in [3.8, 4) is 5.75 Å². The zero-order valence-electron chi connectivity index (χ0n) is 9.90. The minimum absolute atomic E-state index is 0.0560. The number of hydrogen-bond donors (Lipinski definition) is 1. The van der Waals surface area contributed by atoms with Gasteiger partial charge in [0.1, 0.15) is 11.6 Å². The summed E-state index contributed by atoms with van der Waals surface area (Å²) in [5, 5.41) is 0. The molecule has 0 fully saturated rings. The van der Waals surface area contributed by atoms with Gasteiger partial charge in [-0.3, -0.25) is 0 Å². The summed E-state index contributed by atoms with van der Waals surface area (Å²) >= 11 is 0. The van der Waals surface area contributed by atoms with Gasteiger partial charge in [0.15, 0.2) is 0 Å². The molecular weight excluding hydrogens is 229 g/mol. The first kappa shape index (κ1) is 11.1. The van der Waals surface area contributed by atoms with Gasteiger partial charge in [-0.25, -0.2) is 4.39 Å². The van der Waals surface area contributed by atoms with E-state index in [1.807, 2.05) is 24.3 Å². The Bertz CT molecular complexity index is 582. The Kier molecular flexibility index (Phi) is 2.67. The average molecular weight is 243 g/mol. The maximum atomic E-state index is 13.9. The summed E-state index contributed by atoms with van der Waals surface area (Å²) in [6, 6.07) is 12.8. The van der Waals surface area contributed by atoms with Gasteiger partial charge in [0.25, 0.3) is 0 Å². The molecule has 0 amide bonds. The number of halogens is 1. The van der Waals surface area contributed by atoms with Crippen LogP contribution < -0.4 is 10.5 Å². The second kappa shape index (κ2) is 4.33. The average Bonchev–Trinajstić information content (AvgIpc) is 2.38. The van der Waals surface area contributed by atoms with Crippen LogP contribution in [-0.2, 0) is 6.42 Å². The topological polar surface area (TPSA) is 35.2 Å². The Hall–Kier alpha value is -2.03. The molecule has 0 saturated carbocycles. The van der Waals surface area contributed by atoms with Crippen LogP contribution in [-0.4, -0.2) is 6.61 Å². The van der Waals surface area contributed by atoms with E-state index in [4.69, 9.17) is 10.5 Å². The van der Waals surface area contributed by atoms with E-state index in [-0.39, 0.29) is 11.7 Å². The summed E-state index contributed by atoms with van der Waals surface area (Å²) in [5.41, 5.74) is 7.82. The summed E-state index contributed by atoms with van der Waals surface area (Å²) in [6.45, 7) is 0.512. The van der Waals surface area contributed by atoms with Crippen molar-refractivity contribution in [1.82, 2.24) is 0 Å². The Morgan fingerprint density at radius 2 is 2.00 bits per heavy atom. The number of hydrogen-bond acceptors (Lipinski definition) is 2. The number of fused-ring (bicyclic) bond motifs is 1. The van der Waals surface area contributed by atoms with Crippen LogP contribution in [0.1, 0.15) is 17.0 Å². The molecule has 0 radical (unpaired) electrons. The molecular formula is C15H14FNO. The molecule has 18 heavy (non-hydrogen) atoms. The first-order chi connectivity index (χ1) is 8.74. The molecule has 92 valence electrons. The van der Waals surface area contributed by atoms with Gasteiger partial charge in [-0.05, 0) is 35.7 Å². The Morgan fingerprint density at radius 1 is 1.17 bits per heavy atom. The lowest BCUT2D eigenvalue weighted by molar-refractivity contribution is 0.260. The number of rotatable bonds is 1. The summed E-state index contributed by atoms with van der Waals surface area (Å²) in [5.74, 6) is 0.716. The van der Waals surface area contributed by atoms with Gasteiger partial charge in [0.05, 0.1) is 6.61 Å². The minimum Gasteiger partial charge on any atom is -0.493 e. The van der Waals surface area contributed by atoms with E-state index in [1.165, 1.54) is 6.07 Å². The maximum absolute atomic E-state index is 13.9. The van der Waals surface area contributed by atoms with Gasteiger partial charge < -0.3 is 10.5 Å². The van der Waals surface area contributed by atoms with Gasteiger partial charge in [0, 0.05) is 11.6 Å². The molecule has 0 spiro atoms. The van der Waals surface area contributed by atoms with E-state index in [0.29, 0.717) is 17.9 Å². The molecule has 2 N–H and O–H groups in total. The minimum atomic E-state index is -0.247. The van der Waals surface area contributed by atoms with Crippen LogP contribution in [0.25, 0.3) is 0 Å². The summed E-state index contributed by atoms with van der Waals surface area (Å²) in [6.07, 6.45) is 0.803. The second-order valence-corrected chi connectivity index (χ2v) is 4.60. The molecule has 0 saturated heterocycles. The van der Waals surface area contributed by atoms with Gasteiger partial charge in [-0.1, -0.05) is 24.3 Å². The van der Waals surface area contributed by atoms with Crippen molar-refractivity contribution in [3.63, 3.8) is 0 Å². The number of nitrogens with two attached hydrogens (primary N) is 1. The molecule has 2 aromatic rings. The van der Waals surface area contributed by atoms with E-state index in [0.717, 1.165) is 17.7 Å². The third-order valence-electron chi connectivity index (χ3n) is 3.34. The molecule has 1 heterocycles. The molecule has 1 unspecified atom stereocenters. The lowest BCUT2D eigenvalue weighted by Crippen LogP contribution is -2.20. The first-order valence-corrected chi connectivity index (χ1v) is 5.99. The monoisotopic (exact) mass is 243 g/mol.